The Bertz CT molecular complexity index is 518. The van der Waals surface area contributed by atoms with E-state index in [-0.39, 0.29) is 22.0 Å². The zero-order chi connectivity index (χ0) is 15.3. The van der Waals surface area contributed by atoms with Gasteiger partial charge in [0.2, 0.25) is 0 Å². The van der Waals surface area contributed by atoms with Gasteiger partial charge in [-0.3, -0.25) is 15.5 Å². The Morgan fingerprint density at radius 3 is 2.70 bits per heavy atom. The molecule has 110 valence electrons. The minimum absolute atomic E-state index is 0.0694. The Kier molecular flexibility index (Phi) is 5.33. The van der Waals surface area contributed by atoms with E-state index in [4.69, 9.17) is 27.5 Å². The predicted octanol–water partition coefficient (Wildman–Crippen LogP) is 3.37. The molecule has 0 aliphatic rings. The highest BCUT2D eigenvalue weighted by molar-refractivity contribution is 6.32. The van der Waals surface area contributed by atoms with E-state index in [2.05, 4.69) is 0 Å². The van der Waals surface area contributed by atoms with E-state index < -0.39 is 4.92 Å². The normalized spacial score (nSPS) is 11.2. The maximum absolute atomic E-state index is 10.6. The standard InChI is InChI=1S/C13H18ClN3O3/c1-13(2,12(15)16)6-3-7-20-11-5-4-9(17(18)19)8-10(11)14/h4-5,8H,3,6-7H2,1-2H3,(H3,15,16). The molecule has 20 heavy (non-hydrogen) atoms. The number of nitrogens with one attached hydrogen (secondary N) is 1. The maximum Gasteiger partial charge on any atom is 0.271 e. The van der Waals surface area contributed by atoms with Crippen molar-refractivity contribution >= 4 is 23.1 Å². The Labute approximate surface area is 122 Å². The third-order valence-electron chi connectivity index (χ3n) is 3.06. The quantitative estimate of drug-likeness (QED) is 0.265. The molecule has 0 unspecified atom stereocenters. The molecule has 3 N–H and O–H groups in total. The predicted molar refractivity (Wildman–Crippen MR) is 78.5 cm³/mol. The number of ether oxygens (including phenoxy) is 1. The van der Waals surface area contributed by atoms with Crippen molar-refractivity contribution in [3.8, 4) is 5.75 Å². The van der Waals surface area contributed by atoms with Crippen LogP contribution in [0.25, 0.3) is 0 Å². The fourth-order valence-corrected chi connectivity index (χ4v) is 1.78. The maximum atomic E-state index is 10.6. The fourth-order valence-electron chi connectivity index (χ4n) is 1.55. The van der Waals surface area contributed by atoms with E-state index in [1.165, 1.54) is 18.2 Å². The van der Waals surface area contributed by atoms with Crippen molar-refractivity contribution in [3.05, 3.63) is 33.3 Å². The average molecular weight is 300 g/mol. The second-order valence-electron chi connectivity index (χ2n) is 5.12. The number of hydrogen-bond acceptors (Lipinski definition) is 4. The van der Waals surface area contributed by atoms with Gasteiger partial charge in [0.25, 0.3) is 5.69 Å². The first-order chi connectivity index (χ1) is 9.24. The summed E-state index contributed by atoms with van der Waals surface area (Å²) in [6.07, 6.45) is 1.42. The molecule has 1 aromatic rings. The first-order valence-corrected chi connectivity index (χ1v) is 6.53. The van der Waals surface area contributed by atoms with Crippen molar-refractivity contribution in [3.63, 3.8) is 0 Å². The Hall–Kier alpha value is -1.82. The summed E-state index contributed by atoms with van der Waals surface area (Å²) < 4.78 is 5.48. The summed E-state index contributed by atoms with van der Waals surface area (Å²) in [5.74, 6) is 0.559. The van der Waals surface area contributed by atoms with Gasteiger partial charge in [-0.15, -0.1) is 0 Å². The Morgan fingerprint density at radius 2 is 2.20 bits per heavy atom. The first-order valence-electron chi connectivity index (χ1n) is 6.15. The Morgan fingerprint density at radius 1 is 1.55 bits per heavy atom. The number of nitrogens with zero attached hydrogens (tertiary/aromatic N) is 1. The molecule has 0 aromatic heterocycles. The molecule has 1 rings (SSSR count). The number of rotatable bonds is 7. The van der Waals surface area contributed by atoms with Crippen LogP contribution in [0.1, 0.15) is 26.7 Å². The molecule has 1 aromatic carbocycles. The highest BCUT2D eigenvalue weighted by Crippen LogP contribution is 2.29. The zero-order valence-corrected chi connectivity index (χ0v) is 12.2. The number of benzene rings is 1. The van der Waals surface area contributed by atoms with Gasteiger partial charge in [-0.25, -0.2) is 0 Å². The van der Waals surface area contributed by atoms with E-state index in [1.54, 1.807) is 0 Å². The molecule has 0 spiro atoms. The van der Waals surface area contributed by atoms with Crippen LogP contribution < -0.4 is 10.5 Å². The lowest BCUT2D eigenvalue weighted by molar-refractivity contribution is -0.384. The molecule has 0 aliphatic carbocycles. The molecular formula is C13H18ClN3O3. The van der Waals surface area contributed by atoms with E-state index in [0.717, 1.165) is 0 Å². The number of nitrogens with two attached hydrogens (primary N) is 1. The number of non-ortho nitro benzene ring substituents is 1. The highest BCUT2D eigenvalue weighted by Gasteiger charge is 2.21. The van der Waals surface area contributed by atoms with Crippen LogP contribution in [-0.2, 0) is 0 Å². The summed E-state index contributed by atoms with van der Waals surface area (Å²) >= 11 is 5.91. The van der Waals surface area contributed by atoms with Crippen LogP contribution in [0.3, 0.4) is 0 Å². The van der Waals surface area contributed by atoms with E-state index in [9.17, 15) is 10.1 Å². The summed E-state index contributed by atoms with van der Waals surface area (Å²) in [5.41, 5.74) is 5.06. The van der Waals surface area contributed by atoms with Gasteiger partial charge in [-0.2, -0.15) is 0 Å². The number of hydrogen-bond donors (Lipinski definition) is 2. The monoisotopic (exact) mass is 299 g/mol. The lowest BCUT2D eigenvalue weighted by Gasteiger charge is -2.22. The van der Waals surface area contributed by atoms with Crippen molar-refractivity contribution in [2.24, 2.45) is 11.1 Å². The third kappa shape index (κ3) is 4.38. The Balaban J connectivity index is 2.51. The second kappa shape index (κ2) is 6.56. The van der Waals surface area contributed by atoms with Gasteiger partial charge >= 0.3 is 0 Å². The van der Waals surface area contributed by atoms with Crippen LogP contribution in [0.2, 0.25) is 5.02 Å². The number of amidine groups is 1. The van der Waals surface area contributed by atoms with Crippen molar-refractivity contribution in [1.29, 1.82) is 5.41 Å². The lowest BCUT2D eigenvalue weighted by atomic mass is 9.87. The summed E-state index contributed by atoms with van der Waals surface area (Å²) in [6, 6.07) is 4.09. The smallest absolute Gasteiger partial charge is 0.271 e. The zero-order valence-electron chi connectivity index (χ0n) is 11.5. The summed E-state index contributed by atoms with van der Waals surface area (Å²) in [6.45, 7) is 4.20. The van der Waals surface area contributed by atoms with Crippen molar-refractivity contribution in [2.75, 3.05) is 6.61 Å². The van der Waals surface area contributed by atoms with Gasteiger partial charge in [0.05, 0.1) is 22.4 Å². The second-order valence-corrected chi connectivity index (χ2v) is 5.53. The van der Waals surface area contributed by atoms with Gasteiger partial charge in [0.1, 0.15) is 5.75 Å². The van der Waals surface area contributed by atoms with Crippen molar-refractivity contribution < 1.29 is 9.66 Å². The van der Waals surface area contributed by atoms with E-state index in [0.29, 0.717) is 25.2 Å². The first kappa shape index (κ1) is 16.2. The van der Waals surface area contributed by atoms with Crippen LogP contribution in [-0.4, -0.2) is 17.4 Å². The lowest BCUT2D eigenvalue weighted by Crippen LogP contribution is -2.31. The molecular weight excluding hydrogens is 282 g/mol. The van der Waals surface area contributed by atoms with Gasteiger partial charge in [-0.1, -0.05) is 25.4 Å². The molecule has 0 saturated heterocycles. The molecule has 7 heteroatoms. The van der Waals surface area contributed by atoms with Gasteiger partial charge < -0.3 is 10.5 Å². The molecule has 0 saturated carbocycles. The van der Waals surface area contributed by atoms with Crippen molar-refractivity contribution in [2.45, 2.75) is 26.7 Å². The fraction of sp³-hybridized carbons (Fsp3) is 0.462. The van der Waals surface area contributed by atoms with Crippen LogP contribution in [0.5, 0.6) is 5.75 Å². The molecule has 0 bridgehead atoms. The van der Waals surface area contributed by atoms with Gasteiger partial charge in [0, 0.05) is 17.5 Å². The molecule has 6 nitrogen and oxygen atoms in total. The molecule has 0 aliphatic heterocycles. The largest absolute Gasteiger partial charge is 0.492 e. The summed E-state index contributed by atoms with van der Waals surface area (Å²) in [7, 11) is 0. The SMILES string of the molecule is CC(C)(CCCOc1ccc([N+](=O)[O-])cc1Cl)C(=N)N. The number of nitro benzene ring substituents is 1. The van der Waals surface area contributed by atoms with Crippen LogP contribution >= 0.6 is 11.6 Å². The van der Waals surface area contributed by atoms with Crippen LogP contribution in [0.15, 0.2) is 18.2 Å². The number of nitro groups is 1. The molecule has 0 fully saturated rings. The summed E-state index contributed by atoms with van der Waals surface area (Å²) in [4.78, 5) is 10.1. The minimum atomic E-state index is -0.509. The van der Waals surface area contributed by atoms with Crippen LogP contribution in [0.4, 0.5) is 5.69 Å². The molecule has 0 heterocycles. The highest BCUT2D eigenvalue weighted by atomic mass is 35.5. The van der Waals surface area contributed by atoms with Crippen LogP contribution in [0, 0.1) is 20.9 Å². The average Bonchev–Trinajstić information content (AvgIpc) is 2.35. The topological polar surface area (TPSA) is 102 Å². The third-order valence-corrected chi connectivity index (χ3v) is 3.35. The van der Waals surface area contributed by atoms with Gasteiger partial charge in [0.15, 0.2) is 0 Å². The molecule has 0 amide bonds. The molecule has 0 radical (unpaired) electrons. The molecule has 0 atom stereocenters. The minimum Gasteiger partial charge on any atom is -0.492 e. The van der Waals surface area contributed by atoms with E-state index >= 15 is 0 Å². The van der Waals surface area contributed by atoms with Crippen molar-refractivity contribution in [1.82, 2.24) is 0 Å². The number of halogens is 1. The van der Waals surface area contributed by atoms with E-state index in [1.807, 2.05) is 13.8 Å². The van der Waals surface area contributed by atoms with Gasteiger partial charge in [-0.05, 0) is 18.9 Å². The summed E-state index contributed by atoms with van der Waals surface area (Å²) in [5, 5.41) is 18.2.